The zero-order chi connectivity index (χ0) is 27.6. The molecule has 8 heteroatoms. The number of hydrogen-bond acceptors (Lipinski definition) is 7. The van der Waals surface area contributed by atoms with E-state index in [9.17, 15) is 0 Å². The zero-order valence-electron chi connectivity index (χ0n) is 21.8. The van der Waals surface area contributed by atoms with Crippen molar-refractivity contribution in [1.82, 2.24) is 24.5 Å². The first-order valence-electron chi connectivity index (χ1n) is 13.1. The minimum atomic E-state index is -0.662. The number of nitrogen functional groups attached to an aromatic ring is 1. The van der Waals surface area contributed by atoms with E-state index in [0.717, 1.165) is 27.1 Å². The molecule has 0 bridgehead atoms. The smallest absolute Gasteiger partial charge is 0.220 e. The number of imidazole rings is 1. The first-order chi connectivity index (χ1) is 20.2. The molecule has 0 spiro atoms. The van der Waals surface area contributed by atoms with Gasteiger partial charge in [-0.15, -0.1) is 11.3 Å². The van der Waals surface area contributed by atoms with Gasteiger partial charge in [-0.05, 0) is 28.8 Å². The number of anilines is 1. The summed E-state index contributed by atoms with van der Waals surface area (Å²) in [6.45, 7) is 0. The SMILES string of the molecule is Nc1ncc(-c2cncs2)c(-c2ccc(-c3cn(C(c4ccccc4)(c4ccccc4)c4ccccc4)cn3)o2)n1. The van der Waals surface area contributed by atoms with Gasteiger partial charge in [0.05, 0.1) is 16.7 Å². The molecule has 0 atom stereocenters. The van der Waals surface area contributed by atoms with Gasteiger partial charge in [0, 0.05) is 24.2 Å². The van der Waals surface area contributed by atoms with E-state index in [-0.39, 0.29) is 5.95 Å². The van der Waals surface area contributed by atoms with Crippen molar-refractivity contribution in [2.24, 2.45) is 0 Å². The third-order valence-electron chi connectivity index (χ3n) is 7.14. The van der Waals surface area contributed by atoms with E-state index >= 15 is 0 Å². The highest BCUT2D eigenvalue weighted by Crippen LogP contribution is 2.42. The quantitative estimate of drug-likeness (QED) is 0.211. The highest BCUT2D eigenvalue weighted by Gasteiger charge is 2.38. The summed E-state index contributed by atoms with van der Waals surface area (Å²) in [5.41, 5.74) is 12.5. The van der Waals surface area contributed by atoms with Crippen LogP contribution in [0.25, 0.3) is 33.3 Å². The lowest BCUT2D eigenvalue weighted by atomic mass is 9.77. The lowest BCUT2D eigenvalue weighted by Crippen LogP contribution is -2.36. The summed E-state index contributed by atoms with van der Waals surface area (Å²) in [6, 6.07) is 35.3. The first kappa shape index (κ1) is 24.7. The van der Waals surface area contributed by atoms with Gasteiger partial charge in [0.25, 0.3) is 0 Å². The van der Waals surface area contributed by atoms with Gasteiger partial charge in [0.2, 0.25) is 5.95 Å². The van der Waals surface area contributed by atoms with Crippen LogP contribution in [0.2, 0.25) is 0 Å². The Morgan fingerprint density at radius 1 is 0.707 bits per heavy atom. The van der Waals surface area contributed by atoms with Crippen molar-refractivity contribution in [3.8, 4) is 33.3 Å². The van der Waals surface area contributed by atoms with E-state index in [2.05, 4.69) is 92.3 Å². The molecule has 7 nitrogen and oxygen atoms in total. The van der Waals surface area contributed by atoms with Gasteiger partial charge in [0.15, 0.2) is 11.5 Å². The van der Waals surface area contributed by atoms with E-state index < -0.39 is 5.54 Å². The van der Waals surface area contributed by atoms with E-state index in [1.54, 1.807) is 17.9 Å². The van der Waals surface area contributed by atoms with Gasteiger partial charge in [-0.2, -0.15) is 0 Å². The van der Waals surface area contributed by atoms with Crippen LogP contribution in [0.5, 0.6) is 0 Å². The van der Waals surface area contributed by atoms with Gasteiger partial charge < -0.3 is 14.7 Å². The van der Waals surface area contributed by atoms with E-state index in [1.165, 1.54) is 11.3 Å². The molecule has 3 aromatic carbocycles. The maximum Gasteiger partial charge on any atom is 0.220 e. The van der Waals surface area contributed by atoms with Crippen molar-refractivity contribution >= 4 is 17.3 Å². The standard InChI is InChI=1S/C33H24N6OS/c34-32-36-18-26(30-19-35-22-41-30)31(38-32)29-17-16-28(40-29)27-20-39(21-37-27)33(23-10-4-1-5-11-23,24-12-6-2-7-13-24)25-14-8-3-9-15-25/h1-22H,(H2,34,36,38). The van der Waals surface area contributed by atoms with Crippen LogP contribution in [0.15, 0.2) is 138 Å². The number of aromatic nitrogens is 5. The second-order valence-electron chi connectivity index (χ2n) is 9.49. The van der Waals surface area contributed by atoms with E-state index in [4.69, 9.17) is 15.1 Å². The highest BCUT2D eigenvalue weighted by molar-refractivity contribution is 7.13. The van der Waals surface area contributed by atoms with Crippen molar-refractivity contribution in [3.05, 3.63) is 150 Å². The average Bonchev–Trinajstić information content (AvgIpc) is 3.82. The number of furan rings is 1. The maximum absolute atomic E-state index is 6.36. The maximum atomic E-state index is 6.36. The van der Waals surface area contributed by atoms with Gasteiger partial charge in [-0.1, -0.05) is 91.0 Å². The Kier molecular flexibility index (Phi) is 6.22. The second-order valence-corrected chi connectivity index (χ2v) is 10.4. The molecular formula is C33H24N6OS. The second kappa shape index (κ2) is 10.3. The van der Waals surface area contributed by atoms with Crippen molar-refractivity contribution in [3.63, 3.8) is 0 Å². The fraction of sp³-hybridized carbons (Fsp3) is 0.0303. The number of nitrogens with two attached hydrogens (primary N) is 1. The fourth-order valence-corrected chi connectivity index (χ4v) is 5.97. The van der Waals surface area contributed by atoms with Crippen LogP contribution >= 0.6 is 11.3 Å². The minimum Gasteiger partial charge on any atom is -0.453 e. The van der Waals surface area contributed by atoms with Crippen LogP contribution < -0.4 is 5.73 Å². The molecule has 2 N–H and O–H groups in total. The zero-order valence-corrected chi connectivity index (χ0v) is 22.6. The molecule has 198 valence electrons. The molecule has 0 unspecified atom stereocenters. The van der Waals surface area contributed by atoms with Crippen LogP contribution in [0.4, 0.5) is 5.95 Å². The van der Waals surface area contributed by atoms with Crippen LogP contribution in [-0.2, 0) is 5.54 Å². The summed E-state index contributed by atoms with van der Waals surface area (Å²) >= 11 is 1.50. The number of rotatable bonds is 7. The van der Waals surface area contributed by atoms with Gasteiger partial charge in [-0.3, -0.25) is 4.98 Å². The van der Waals surface area contributed by atoms with Gasteiger partial charge in [0.1, 0.15) is 16.9 Å². The summed E-state index contributed by atoms with van der Waals surface area (Å²) in [7, 11) is 0. The summed E-state index contributed by atoms with van der Waals surface area (Å²) in [4.78, 5) is 18.6. The van der Waals surface area contributed by atoms with Crippen LogP contribution in [-0.4, -0.2) is 24.5 Å². The molecule has 0 amide bonds. The lowest BCUT2D eigenvalue weighted by molar-refractivity contribution is 0.514. The molecule has 0 saturated carbocycles. The van der Waals surface area contributed by atoms with Crippen LogP contribution in [0.3, 0.4) is 0 Å². The van der Waals surface area contributed by atoms with E-state index in [0.29, 0.717) is 22.9 Å². The molecule has 7 aromatic rings. The monoisotopic (exact) mass is 552 g/mol. The van der Waals surface area contributed by atoms with Crippen LogP contribution in [0, 0.1) is 0 Å². The molecular weight excluding hydrogens is 528 g/mol. The minimum absolute atomic E-state index is 0.175. The molecule has 0 aliphatic heterocycles. The molecule has 4 heterocycles. The molecule has 7 rings (SSSR count). The Balaban J connectivity index is 1.37. The third kappa shape index (κ3) is 4.31. The highest BCUT2D eigenvalue weighted by atomic mass is 32.1. The molecule has 41 heavy (non-hydrogen) atoms. The predicted molar refractivity (Wildman–Crippen MR) is 161 cm³/mol. The Morgan fingerprint density at radius 2 is 1.32 bits per heavy atom. The predicted octanol–water partition coefficient (Wildman–Crippen LogP) is 7.15. The topological polar surface area (TPSA) is 95.7 Å². The summed E-state index contributed by atoms with van der Waals surface area (Å²) in [5.74, 6) is 1.37. The van der Waals surface area contributed by atoms with Gasteiger partial charge >= 0.3 is 0 Å². The normalized spacial score (nSPS) is 11.5. The average molecular weight is 553 g/mol. The Labute approximate surface area is 240 Å². The molecule has 0 fully saturated rings. The number of hydrogen-bond donors (Lipinski definition) is 1. The summed E-state index contributed by atoms with van der Waals surface area (Å²) in [6.07, 6.45) is 7.39. The Hall–Kier alpha value is -5.34. The van der Waals surface area contributed by atoms with Crippen molar-refractivity contribution in [2.45, 2.75) is 5.54 Å². The number of thiazole rings is 1. The molecule has 0 aliphatic carbocycles. The molecule has 0 radical (unpaired) electrons. The number of nitrogens with zero attached hydrogens (tertiary/aromatic N) is 5. The summed E-state index contributed by atoms with van der Waals surface area (Å²) < 4.78 is 8.52. The van der Waals surface area contributed by atoms with Crippen molar-refractivity contribution in [2.75, 3.05) is 5.73 Å². The molecule has 4 aromatic heterocycles. The fourth-order valence-electron chi connectivity index (χ4n) is 5.33. The number of benzene rings is 3. The van der Waals surface area contributed by atoms with Crippen molar-refractivity contribution in [1.29, 1.82) is 0 Å². The Bertz CT molecular complexity index is 1800. The first-order valence-corrected chi connectivity index (χ1v) is 13.9. The Morgan fingerprint density at radius 3 is 1.90 bits per heavy atom. The molecule has 0 saturated heterocycles. The molecule has 0 aliphatic rings. The van der Waals surface area contributed by atoms with Gasteiger partial charge in [-0.25, -0.2) is 15.0 Å². The lowest BCUT2D eigenvalue weighted by Gasteiger charge is -2.37. The van der Waals surface area contributed by atoms with E-state index in [1.807, 2.05) is 42.9 Å². The summed E-state index contributed by atoms with van der Waals surface area (Å²) in [5, 5.41) is 0. The largest absolute Gasteiger partial charge is 0.453 e. The van der Waals surface area contributed by atoms with Crippen molar-refractivity contribution < 1.29 is 4.42 Å². The van der Waals surface area contributed by atoms with Crippen LogP contribution in [0.1, 0.15) is 16.7 Å². The third-order valence-corrected chi connectivity index (χ3v) is 7.95.